The van der Waals surface area contributed by atoms with Crippen molar-refractivity contribution in [1.82, 2.24) is 15.5 Å². The number of nitrogens with one attached hydrogen (secondary N) is 2. The summed E-state index contributed by atoms with van der Waals surface area (Å²) < 4.78 is 5.34. The van der Waals surface area contributed by atoms with E-state index in [1.165, 1.54) is 4.90 Å². The number of ether oxygens (including phenoxy) is 1. The number of fused-ring (bicyclic) bond motifs is 1. The van der Waals surface area contributed by atoms with E-state index in [1.807, 2.05) is 86.6 Å². The number of carbonyl (C=O) groups is 3. The third-order valence-electron chi connectivity index (χ3n) is 7.32. The lowest BCUT2D eigenvalue weighted by atomic mass is 9.77. The molecule has 3 aromatic carbocycles. The number of amides is 3. The van der Waals surface area contributed by atoms with Crippen LogP contribution in [-0.4, -0.2) is 64.5 Å². The molecule has 1 heterocycles. The quantitative estimate of drug-likeness (QED) is 0.267. The first-order valence-corrected chi connectivity index (χ1v) is 14.1. The Labute approximate surface area is 241 Å². The Morgan fingerprint density at radius 3 is 2.34 bits per heavy atom. The van der Waals surface area contributed by atoms with Crippen molar-refractivity contribution < 1.29 is 29.2 Å². The van der Waals surface area contributed by atoms with Crippen LogP contribution >= 0.6 is 0 Å². The fourth-order valence-electron chi connectivity index (χ4n) is 5.26. The minimum Gasteiger partial charge on any atom is -0.445 e. The maximum absolute atomic E-state index is 13.8. The molecule has 4 rings (SSSR count). The van der Waals surface area contributed by atoms with Gasteiger partial charge < -0.3 is 30.3 Å². The van der Waals surface area contributed by atoms with Gasteiger partial charge in [-0.1, -0.05) is 86.6 Å². The summed E-state index contributed by atoms with van der Waals surface area (Å²) in [6.45, 7) is 4.30. The summed E-state index contributed by atoms with van der Waals surface area (Å²) >= 11 is 0. The molecular weight excluding hydrogens is 521 g/mol. The Bertz CT molecular complexity index is 1340. The Morgan fingerprint density at radius 1 is 0.927 bits per heavy atom. The minimum absolute atomic E-state index is 0.0611. The molecule has 1 fully saturated rings. The lowest BCUT2D eigenvalue weighted by Crippen LogP contribution is -2.57. The molecule has 1 aliphatic heterocycles. The molecule has 0 radical (unpaired) electrons. The van der Waals surface area contributed by atoms with Gasteiger partial charge in [0.15, 0.2) is 0 Å². The lowest BCUT2D eigenvalue weighted by Gasteiger charge is -2.30. The van der Waals surface area contributed by atoms with Crippen LogP contribution in [0.2, 0.25) is 0 Å². The summed E-state index contributed by atoms with van der Waals surface area (Å²) in [5, 5.41) is 27.4. The highest BCUT2D eigenvalue weighted by Gasteiger charge is 2.40. The van der Waals surface area contributed by atoms with Gasteiger partial charge in [-0.25, -0.2) is 4.79 Å². The Hall–Kier alpha value is -3.89. The monoisotopic (exact) mass is 559 g/mol. The predicted molar refractivity (Wildman–Crippen MR) is 158 cm³/mol. The molecule has 0 unspecified atom stereocenters. The third kappa shape index (κ3) is 8.31. The molecule has 10 heteroatoms. The van der Waals surface area contributed by atoms with Gasteiger partial charge in [-0.2, -0.15) is 0 Å². The van der Waals surface area contributed by atoms with Crippen LogP contribution in [0, 0.1) is 5.92 Å². The van der Waals surface area contributed by atoms with E-state index in [2.05, 4.69) is 10.6 Å². The molecule has 3 amide bonds. The van der Waals surface area contributed by atoms with Gasteiger partial charge in [-0.15, -0.1) is 0 Å². The molecule has 9 nitrogen and oxygen atoms in total. The van der Waals surface area contributed by atoms with Gasteiger partial charge in [0.25, 0.3) is 0 Å². The van der Waals surface area contributed by atoms with Crippen LogP contribution in [0.5, 0.6) is 0 Å². The van der Waals surface area contributed by atoms with Crippen molar-refractivity contribution >= 4 is 35.8 Å². The number of hydrogen-bond acceptors (Lipinski definition) is 6. The topological polar surface area (TPSA) is 128 Å². The van der Waals surface area contributed by atoms with Gasteiger partial charge in [0.1, 0.15) is 18.7 Å². The van der Waals surface area contributed by atoms with Gasteiger partial charge in [0, 0.05) is 13.0 Å². The van der Waals surface area contributed by atoms with Crippen LogP contribution in [0.15, 0.2) is 72.8 Å². The molecule has 0 spiro atoms. The highest BCUT2D eigenvalue weighted by molar-refractivity contribution is 6.43. The van der Waals surface area contributed by atoms with E-state index in [0.717, 1.165) is 21.9 Å². The Morgan fingerprint density at radius 2 is 1.63 bits per heavy atom. The second-order valence-corrected chi connectivity index (χ2v) is 11.0. The van der Waals surface area contributed by atoms with Crippen LogP contribution in [0.25, 0.3) is 10.8 Å². The van der Waals surface area contributed by atoms with Crippen molar-refractivity contribution in [3.8, 4) is 0 Å². The van der Waals surface area contributed by atoms with Gasteiger partial charge in [0.05, 0.1) is 5.94 Å². The van der Waals surface area contributed by atoms with Crippen molar-refractivity contribution in [3.63, 3.8) is 0 Å². The van der Waals surface area contributed by atoms with Gasteiger partial charge in [0.2, 0.25) is 11.8 Å². The number of carbonyl (C=O) groups excluding carboxylic acids is 3. The molecule has 0 aliphatic carbocycles. The number of alkyl carbamates (subject to hydrolysis) is 1. The van der Waals surface area contributed by atoms with E-state index in [4.69, 9.17) is 4.74 Å². The molecule has 1 aliphatic rings. The highest BCUT2D eigenvalue weighted by atomic mass is 16.5. The van der Waals surface area contributed by atoms with E-state index in [-0.39, 0.29) is 18.9 Å². The first-order chi connectivity index (χ1) is 19.7. The van der Waals surface area contributed by atoms with Crippen molar-refractivity contribution in [2.24, 2.45) is 5.92 Å². The zero-order valence-corrected chi connectivity index (χ0v) is 23.5. The molecule has 0 aromatic heterocycles. The second kappa shape index (κ2) is 14.1. The van der Waals surface area contributed by atoms with Gasteiger partial charge in [-0.05, 0) is 47.1 Å². The molecule has 3 atom stereocenters. The van der Waals surface area contributed by atoms with Crippen LogP contribution in [0.3, 0.4) is 0 Å². The van der Waals surface area contributed by atoms with Gasteiger partial charge in [-0.3, -0.25) is 9.59 Å². The van der Waals surface area contributed by atoms with E-state index in [0.29, 0.717) is 25.8 Å². The Kier molecular flexibility index (Phi) is 10.4. The zero-order valence-electron chi connectivity index (χ0n) is 23.5. The fourth-order valence-corrected chi connectivity index (χ4v) is 5.26. The molecular formula is C31H38BN3O6. The first kappa shape index (κ1) is 30.1. The van der Waals surface area contributed by atoms with E-state index in [9.17, 15) is 24.4 Å². The average Bonchev–Trinajstić information content (AvgIpc) is 3.46. The molecule has 1 saturated heterocycles. The van der Waals surface area contributed by atoms with Crippen LogP contribution < -0.4 is 10.6 Å². The maximum atomic E-state index is 13.8. The van der Waals surface area contributed by atoms with Crippen LogP contribution in [0.1, 0.15) is 44.2 Å². The number of rotatable bonds is 11. The van der Waals surface area contributed by atoms with Crippen LogP contribution in [0.4, 0.5) is 4.79 Å². The average molecular weight is 559 g/mol. The fraction of sp³-hybridized carbons (Fsp3) is 0.387. The minimum atomic E-state index is -1.67. The summed E-state index contributed by atoms with van der Waals surface area (Å²) in [5.74, 6) is -1.56. The molecule has 216 valence electrons. The largest absolute Gasteiger partial charge is 0.475 e. The number of benzene rings is 3. The van der Waals surface area contributed by atoms with Crippen molar-refractivity contribution in [3.05, 3.63) is 83.9 Å². The number of hydrogen-bond donors (Lipinski definition) is 4. The van der Waals surface area contributed by atoms with Crippen molar-refractivity contribution in [2.45, 2.75) is 64.2 Å². The molecule has 41 heavy (non-hydrogen) atoms. The van der Waals surface area contributed by atoms with E-state index in [1.54, 1.807) is 0 Å². The second-order valence-electron chi connectivity index (χ2n) is 11.0. The summed E-state index contributed by atoms with van der Waals surface area (Å²) in [5.41, 5.74) is 1.66. The lowest BCUT2D eigenvalue weighted by molar-refractivity contribution is -0.137. The molecule has 4 N–H and O–H groups in total. The number of nitrogens with zero attached hydrogens (tertiary/aromatic N) is 1. The summed E-state index contributed by atoms with van der Waals surface area (Å²) in [7, 11) is -1.67. The first-order valence-electron chi connectivity index (χ1n) is 14.1. The SMILES string of the molecule is CC(C)C[C@H](NC(=O)OCc1ccccc1)C(=O)N[C@@H](Cc1ccc2ccccc2c1)C(=O)N1CCC[C@@H]1B(O)O. The smallest absolute Gasteiger partial charge is 0.445 e. The third-order valence-corrected chi connectivity index (χ3v) is 7.32. The Balaban J connectivity index is 1.52. The predicted octanol–water partition coefficient (Wildman–Crippen LogP) is 3.21. The molecule has 3 aromatic rings. The maximum Gasteiger partial charge on any atom is 0.475 e. The summed E-state index contributed by atoms with van der Waals surface area (Å²) in [6, 6.07) is 21.1. The summed E-state index contributed by atoms with van der Waals surface area (Å²) in [4.78, 5) is 41.4. The van der Waals surface area contributed by atoms with Crippen molar-refractivity contribution in [1.29, 1.82) is 0 Å². The standard InChI is InChI=1S/C31H38BN3O6/c1-21(2)17-26(34-31(38)41-20-22-9-4-3-5-10-22)29(36)33-27(30(37)35-16-8-13-28(35)32(39)40)19-23-14-15-24-11-6-7-12-25(24)18-23/h3-7,9-12,14-15,18,21,26-28,39-40H,8,13,16-17,19-20H2,1-2H3,(H,33,36)(H,34,38)/t26-,27-,28+/m0/s1. The molecule has 0 bridgehead atoms. The van der Waals surface area contributed by atoms with E-state index < -0.39 is 43.1 Å². The summed E-state index contributed by atoms with van der Waals surface area (Å²) in [6.07, 6.45) is 0.910. The number of likely N-dealkylation sites (tertiary alicyclic amines) is 1. The van der Waals surface area contributed by atoms with Crippen molar-refractivity contribution in [2.75, 3.05) is 6.54 Å². The van der Waals surface area contributed by atoms with E-state index >= 15 is 0 Å². The normalized spacial score (nSPS) is 16.3. The van der Waals surface area contributed by atoms with Gasteiger partial charge >= 0.3 is 13.2 Å². The molecule has 0 saturated carbocycles. The van der Waals surface area contributed by atoms with Crippen LogP contribution in [-0.2, 0) is 27.4 Å². The zero-order chi connectivity index (χ0) is 29.4. The highest BCUT2D eigenvalue weighted by Crippen LogP contribution is 2.22.